The topological polar surface area (TPSA) is 102 Å². The van der Waals surface area contributed by atoms with E-state index in [9.17, 15) is 104 Å². The second kappa shape index (κ2) is 12.7. The molecule has 0 unspecified atom stereocenters. The highest BCUT2D eigenvalue weighted by Gasteiger charge is 2.53. The fourth-order valence-electron chi connectivity index (χ4n) is 4.11. The first-order valence-electron chi connectivity index (χ1n) is 12.4. The number of sulfone groups is 3. The predicted octanol–water partition coefficient (Wildman–Crippen LogP) is 8.80. The van der Waals surface area contributed by atoms with Gasteiger partial charge in [0.1, 0.15) is 0 Å². The fourth-order valence-corrected chi connectivity index (χ4v) is 12.5. The van der Waals surface area contributed by atoms with Crippen LogP contribution in [0.5, 0.6) is 0 Å². The zero-order chi connectivity index (χ0) is 40.6. The molecule has 0 aliphatic heterocycles. The summed E-state index contributed by atoms with van der Waals surface area (Å²) in [6.45, 7) is 0. The quantitative estimate of drug-likeness (QED) is 0.230. The van der Waals surface area contributed by atoms with Crippen molar-refractivity contribution in [2.45, 2.75) is 55.7 Å². The molecular formula is C25H10F18O6S3. The summed E-state index contributed by atoms with van der Waals surface area (Å²) in [5.74, 6) is 0. The van der Waals surface area contributed by atoms with Gasteiger partial charge < -0.3 is 0 Å². The van der Waals surface area contributed by atoms with Crippen molar-refractivity contribution < 1.29 is 104 Å². The van der Waals surface area contributed by atoms with Crippen molar-refractivity contribution in [1.82, 2.24) is 0 Å². The lowest BCUT2D eigenvalue weighted by Crippen LogP contribution is -2.39. The van der Waals surface area contributed by atoms with Crippen molar-refractivity contribution in [3.8, 4) is 0 Å². The predicted molar refractivity (Wildman–Crippen MR) is 135 cm³/mol. The van der Waals surface area contributed by atoms with Crippen LogP contribution < -0.4 is 0 Å². The van der Waals surface area contributed by atoms with Gasteiger partial charge in [0.25, 0.3) is 3.91 Å². The Hall–Kier alpha value is -3.75. The average molecular weight is 845 g/mol. The van der Waals surface area contributed by atoms with Crippen molar-refractivity contribution in [2.75, 3.05) is 0 Å². The standard InChI is InChI=1S/C25H10F18O6S3/c26-20(27,28)10-1-11(21(29,30)31)5-16(4-10)50(44,45)19(51(46,47)17-6-12(22(32,33)34)2-13(7-17)23(35,36)37)52(48,49)18-8-14(24(38,39)40)3-15(9-18)25(41,42)43/h1-9,19H. The molecule has 0 aliphatic rings. The van der Waals surface area contributed by atoms with E-state index in [1.165, 1.54) is 0 Å². The van der Waals surface area contributed by atoms with Crippen LogP contribution in [-0.2, 0) is 66.6 Å². The first kappa shape index (κ1) is 42.7. The highest BCUT2D eigenvalue weighted by molar-refractivity contribution is 8.24. The monoisotopic (exact) mass is 844 g/mol. The largest absolute Gasteiger partial charge is 0.416 e. The summed E-state index contributed by atoms with van der Waals surface area (Å²) in [6, 6.07) is -7.89. The molecule has 0 spiro atoms. The first-order chi connectivity index (χ1) is 22.8. The highest BCUT2D eigenvalue weighted by Crippen LogP contribution is 2.44. The van der Waals surface area contributed by atoms with Gasteiger partial charge in [0.05, 0.1) is 48.1 Å². The van der Waals surface area contributed by atoms with Gasteiger partial charge in [0.15, 0.2) is 0 Å². The number of halogens is 18. The Labute approximate surface area is 277 Å². The lowest BCUT2D eigenvalue weighted by molar-refractivity contribution is -0.145. The summed E-state index contributed by atoms with van der Waals surface area (Å²) < 4.78 is 320. The van der Waals surface area contributed by atoms with Crippen LogP contribution in [0.4, 0.5) is 79.0 Å². The zero-order valence-corrected chi connectivity index (χ0v) is 26.2. The van der Waals surface area contributed by atoms with Crippen LogP contribution in [0.3, 0.4) is 0 Å². The number of hydrogen-bond donors (Lipinski definition) is 0. The van der Waals surface area contributed by atoms with Crippen LogP contribution >= 0.6 is 0 Å². The molecule has 0 fully saturated rings. The molecule has 0 saturated carbocycles. The molecule has 0 N–H and O–H groups in total. The maximum absolute atomic E-state index is 13.7. The molecule has 6 nitrogen and oxygen atoms in total. The second-order valence-electron chi connectivity index (χ2n) is 10.1. The Balaban J connectivity index is 2.67. The summed E-state index contributed by atoms with van der Waals surface area (Å²) in [6.07, 6.45) is -36.1. The summed E-state index contributed by atoms with van der Waals surface area (Å²) in [5.41, 5.74) is -16.0. The summed E-state index contributed by atoms with van der Waals surface area (Å²) in [5, 5.41) is 0. The van der Waals surface area contributed by atoms with E-state index < -0.39 is 173 Å². The van der Waals surface area contributed by atoms with Gasteiger partial charge in [-0.05, 0) is 54.6 Å². The van der Waals surface area contributed by atoms with Crippen molar-refractivity contribution >= 4 is 29.5 Å². The zero-order valence-electron chi connectivity index (χ0n) is 23.8. The number of benzene rings is 3. The van der Waals surface area contributed by atoms with Crippen LogP contribution in [-0.4, -0.2) is 29.2 Å². The van der Waals surface area contributed by atoms with Gasteiger partial charge in [-0.2, -0.15) is 79.0 Å². The second-order valence-corrected chi connectivity index (χ2v) is 17.1. The van der Waals surface area contributed by atoms with Crippen molar-refractivity contribution in [2.24, 2.45) is 0 Å². The minimum absolute atomic E-state index is 0.831. The molecule has 52 heavy (non-hydrogen) atoms. The molecule has 0 atom stereocenters. The number of rotatable bonds is 6. The molecule has 3 aromatic rings. The SMILES string of the molecule is O=S(=O)(c1cc(C(F)(F)F)cc(C(F)(F)F)c1)C(S(=O)(=O)c1cc(C(F)(F)F)cc(C(F)(F)F)c1)S(=O)(=O)c1cc(C(F)(F)F)cc(C(F)(F)F)c1. The van der Waals surface area contributed by atoms with Gasteiger partial charge in [-0.15, -0.1) is 0 Å². The minimum Gasteiger partial charge on any atom is -0.221 e. The average Bonchev–Trinajstić information content (AvgIpc) is 2.93. The molecule has 0 radical (unpaired) electrons. The lowest BCUT2D eigenvalue weighted by atomic mass is 10.1. The van der Waals surface area contributed by atoms with Gasteiger partial charge in [0.2, 0.25) is 29.5 Å². The van der Waals surface area contributed by atoms with Crippen LogP contribution in [0.2, 0.25) is 0 Å². The summed E-state index contributed by atoms with van der Waals surface area (Å²) in [4.78, 5) is -8.01. The number of hydrogen-bond acceptors (Lipinski definition) is 6. The van der Waals surface area contributed by atoms with E-state index in [0.29, 0.717) is 0 Å². The maximum atomic E-state index is 13.7. The van der Waals surface area contributed by atoms with E-state index in [0.717, 1.165) is 0 Å². The molecule has 0 amide bonds. The Morgan fingerprint density at radius 3 is 0.538 bits per heavy atom. The summed E-state index contributed by atoms with van der Waals surface area (Å²) in [7, 11) is -21.8. The molecule has 0 aliphatic carbocycles. The molecule has 290 valence electrons. The Kier molecular flexibility index (Phi) is 10.4. The summed E-state index contributed by atoms with van der Waals surface area (Å²) >= 11 is 0. The van der Waals surface area contributed by atoms with Crippen LogP contribution in [0.25, 0.3) is 0 Å². The Morgan fingerprint density at radius 1 is 0.288 bits per heavy atom. The van der Waals surface area contributed by atoms with Crippen molar-refractivity contribution in [3.63, 3.8) is 0 Å². The third kappa shape index (κ3) is 8.71. The molecule has 0 heterocycles. The maximum Gasteiger partial charge on any atom is 0.416 e. The normalized spacial score (nSPS) is 14.6. The van der Waals surface area contributed by atoms with Gasteiger partial charge in [0, 0.05) is 0 Å². The van der Waals surface area contributed by atoms with Gasteiger partial charge >= 0.3 is 37.1 Å². The van der Waals surface area contributed by atoms with E-state index in [2.05, 4.69) is 0 Å². The van der Waals surface area contributed by atoms with E-state index in [4.69, 9.17) is 0 Å². The van der Waals surface area contributed by atoms with Crippen LogP contribution in [0.15, 0.2) is 69.3 Å². The lowest BCUT2D eigenvalue weighted by Gasteiger charge is -2.23. The van der Waals surface area contributed by atoms with Crippen molar-refractivity contribution in [1.29, 1.82) is 0 Å². The van der Waals surface area contributed by atoms with E-state index in [1.54, 1.807) is 0 Å². The number of alkyl halides is 18. The molecule has 0 aromatic heterocycles. The Bertz CT molecular complexity index is 1860. The van der Waals surface area contributed by atoms with Crippen molar-refractivity contribution in [3.05, 3.63) is 88.0 Å². The third-order valence-corrected chi connectivity index (χ3v) is 15.2. The van der Waals surface area contributed by atoms with Crippen LogP contribution in [0.1, 0.15) is 33.4 Å². The smallest absolute Gasteiger partial charge is 0.221 e. The molecule has 0 saturated heterocycles. The molecule has 0 bridgehead atoms. The molecule has 3 aromatic carbocycles. The molecular weight excluding hydrogens is 834 g/mol. The molecule has 3 rings (SSSR count). The van der Waals surface area contributed by atoms with E-state index in [-0.39, 0.29) is 0 Å². The molecule has 27 heteroatoms. The van der Waals surface area contributed by atoms with Gasteiger partial charge in [-0.1, -0.05) is 0 Å². The minimum atomic E-state index is -7.27. The van der Waals surface area contributed by atoms with Gasteiger partial charge in [-0.25, -0.2) is 25.3 Å². The van der Waals surface area contributed by atoms with Gasteiger partial charge in [-0.3, -0.25) is 0 Å². The van der Waals surface area contributed by atoms with E-state index >= 15 is 0 Å². The highest BCUT2D eigenvalue weighted by atomic mass is 32.3. The third-order valence-electron chi connectivity index (χ3n) is 6.43. The Morgan fingerprint density at radius 2 is 0.423 bits per heavy atom. The van der Waals surface area contributed by atoms with E-state index in [1.807, 2.05) is 0 Å². The first-order valence-corrected chi connectivity index (χ1v) is 17.1. The van der Waals surface area contributed by atoms with Crippen LogP contribution in [0, 0.1) is 0 Å². The fraction of sp³-hybridized carbons (Fsp3) is 0.280.